The van der Waals surface area contributed by atoms with Gasteiger partial charge in [-0.2, -0.15) is 0 Å². The van der Waals surface area contributed by atoms with Crippen LogP contribution < -0.4 is 0 Å². The minimum Gasteiger partial charge on any atom is -0.402 e. The van der Waals surface area contributed by atoms with Crippen molar-refractivity contribution in [2.45, 2.75) is 6.92 Å². The molecule has 0 radical (unpaired) electrons. The number of esters is 1. The molecule has 0 saturated heterocycles. The largest absolute Gasteiger partial charge is 0.402 e. The predicted molar refractivity (Wildman–Crippen MR) is 76.9 cm³/mol. The lowest BCUT2D eigenvalue weighted by Gasteiger charge is -2.17. The van der Waals surface area contributed by atoms with Gasteiger partial charge in [0.25, 0.3) is 0 Å². The number of allylic oxidation sites excluding steroid dienone is 3. The second-order valence-electron chi connectivity index (χ2n) is 4.67. The summed E-state index contributed by atoms with van der Waals surface area (Å²) in [4.78, 5) is 18.3. The maximum absolute atomic E-state index is 12.0. The monoisotopic (exact) mass is 266 g/mol. The van der Waals surface area contributed by atoms with E-state index in [1.165, 1.54) is 0 Å². The van der Waals surface area contributed by atoms with E-state index < -0.39 is 5.97 Å². The van der Waals surface area contributed by atoms with E-state index in [4.69, 9.17) is 4.74 Å². The Morgan fingerprint density at radius 2 is 2.00 bits per heavy atom. The Balaban J connectivity index is 2.06. The van der Waals surface area contributed by atoms with Gasteiger partial charge in [0.2, 0.25) is 5.90 Å². The standard InChI is InChI=1S/C16H14N2O2/c1-11-7-3-4-8-12(11)15-17-14(16(19)20-15)13-9-5-6-10-18(13)2/h3-10H,1-2H3. The number of hydrogen-bond donors (Lipinski definition) is 0. The van der Waals surface area contributed by atoms with Crippen molar-refractivity contribution in [3.8, 4) is 0 Å². The number of likely N-dealkylation sites (N-methyl/N-ethyl adjacent to an activating group) is 1. The van der Waals surface area contributed by atoms with Crippen molar-refractivity contribution in [1.82, 2.24) is 4.90 Å². The number of carbonyl (C=O) groups excluding carboxylic acids is 1. The number of aryl methyl sites for hydroxylation is 1. The van der Waals surface area contributed by atoms with Gasteiger partial charge in [0, 0.05) is 18.8 Å². The van der Waals surface area contributed by atoms with Crippen molar-refractivity contribution in [2.24, 2.45) is 4.99 Å². The first kappa shape index (κ1) is 12.4. The first-order valence-electron chi connectivity index (χ1n) is 6.35. The SMILES string of the molecule is Cc1ccccc1C1=NC(=C2C=CC=CN2C)C(=O)O1. The molecule has 2 aliphatic heterocycles. The van der Waals surface area contributed by atoms with E-state index >= 15 is 0 Å². The molecule has 2 heterocycles. The first-order chi connectivity index (χ1) is 9.66. The predicted octanol–water partition coefficient (Wildman–Crippen LogP) is 2.53. The van der Waals surface area contributed by atoms with E-state index in [0.29, 0.717) is 11.6 Å². The molecule has 4 nitrogen and oxygen atoms in total. The molecule has 1 aromatic rings. The van der Waals surface area contributed by atoms with Gasteiger partial charge in [-0.05, 0) is 30.7 Å². The van der Waals surface area contributed by atoms with E-state index in [9.17, 15) is 4.79 Å². The van der Waals surface area contributed by atoms with Crippen LogP contribution in [-0.2, 0) is 9.53 Å². The number of hydrogen-bond acceptors (Lipinski definition) is 4. The molecule has 3 rings (SSSR count). The molecule has 100 valence electrons. The molecule has 0 spiro atoms. The van der Waals surface area contributed by atoms with Crippen LogP contribution in [-0.4, -0.2) is 23.8 Å². The van der Waals surface area contributed by atoms with Crippen molar-refractivity contribution in [2.75, 3.05) is 7.05 Å². The zero-order valence-electron chi connectivity index (χ0n) is 11.3. The van der Waals surface area contributed by atoms with Crippen LogP contribution in [0.1, 0.15) is 11.1 Å². The Morgan fingerprint density at radius 3 is 2.75 bits per heavy atom. The van der Waals surface area contributed by atoms with Crippen LogP contribution in [0.4, 0.5) is 0 Å². The van der Waals surface area contributed by atoms with Crippen LogP contribution in [0.5, 0.6) is 0 Å². The fraction of sp³-hybridized carbons (Fsp3) is 0.125. The number of ether oxygens (including phenoxy) is 1. The summed E-state index contributed by atoms with van der Waals surface area (Å²) in [6.45, 7) is 1.96. The van der Waals surface area contributed by atoms with Crippen LogP contribution in [0.25, 0.3) is 0 Å². The van der Waals surface area contributed by atoms with Gasteiger partial charge in [-0.25, -0.2) is 9.79 Å². The van der Waals surface area contributed by atoms with Gasteiger partial charge in [-0.1, -0.05) is 24.3 Å². The van der Waals surface area contributed by atoms with E-state index in [1.54, 1.807) is 0 Å². The van der Waals surface area contributed by atoms with Gasteiger partial charge in [0.15, 0.2) is 5.70 Å². The first-order valence-corrected chi connectivity index (χ1v) is 6.35. The lowest BCUT2D eigenvalue weighted by atomic mass is 10.1. The van der Waals surface area contributed by atoms with E-state index in [0.717, 1.165) is 16.8 Å². The lowest BCUT2D eigenvalue weighted by molar-refractivity contribution is -0.130. The molecule has 20 heavy (non-hydrogen) atoms. The zero-order chi connectivity index (χ0) is 14.1. The minimum atomic E-state index is -0.412. The molecule has 0 unspecified atom stereocenters. The maximum atomic E-state index is 12.0. The number of rotatable bonds is 1. The quantitative estimate of drug-likeness (QED) is 0.579. The Bertz CT molecular complexity index is 696. The summed E-state index contributed by atoms with van der Waals surface area (Å²) in [5, 5.41) is 0. The molecule has 0 amide bonds. The molecule has 0 N–H and O–H groups in total. The average Bonchev–Trinajstić information content (AvgIpc) is 2.81. The van der Waals surface area contributed by atoms with Gasteiger partial charge in [0.05, 0.1) is 5.70 Å². The summed E-state index contributed by atoms with van der Waals surface area (Å²) in [5.74, 6) is -0.0444. The molecule has 0 atom stereocenters. The second-order valence-corrected chi connectivity index (χ2v) is 4.67. The van der Waals surface area contributed by atoms with Crippen molar-refractivity contribution in [3.63, 3.8) is 0 Å². The molecule has 0 aromatic heterocycles. The number of aliphatic imine (C=N–C) groups is 1. The highest BCUT2D eigenvalue weighted by Crippen LogP contribution is 2.24. The van der Waals surface area contributed by atoms with E-state index in [1.807, 2.05) is 67.6 Å². The Morgan fingerprint density at radius 1 is 1.20 bits per heavy atom. The average molecular weight is 266 g/mol. The van der Waals surface area contributed by atoms with Crippen LogP contribution in [0, 0.1) is 6.92 Å². The summed E-state index contributed by atoms with van der Waals surface area (Å²) < 4.78 is 5.31. The van der Waals surface area contributed by atoms with Crippen molar-refractivity contribution in [3.05, 3.63) is 71.2 Å². The third-order valence-corrected chi connectivity index (χ3v) is 3.27. The molecule has 4 heteroatoms. The Kier molecular flexibility index (Phi) is 2.99. The molecular formula is C16H14N2O2. The second kappa shape index (κ2) is 4.81. The van der Waals surface area contributed by atoms with Crippen LogP contribution in [0.15, 0.2) is 65.1 Å². The van der Waals surface area contributed by atoms with Gasteiger partial charge in [0.1, 0.15) is 0 Å². The third-order valence-electron chi connectivity index (χ3n) is 3.27. The fourth-order valence-electron chi connectivity index (χ4n) is 2.17. The highest BCUT2D eigenvalue weighted by atomic mass is 16.6. The van der Waals surface area contributed by atoms with Gasteiger partial charge >= 0.3 is 5.97 Å². The fourth-order valence-corrected chi connectivity index (χ4v) is 2.17. The molecular weight excluding hydrogens is 252 g/mol. The number of benzene rings is 1. The molecule has 0 aliphatic carbocycles. The topological polar surface area (TPSA) is 41.9 Å². The van der Waals surface area contributed by atoms with Crippen LogP contribution >= 0.6 is 0 Å². The molecule has 0 bridgehead atoms. The zero-order valence-corrected chi connectivity index (χ0v) is 11.3. The normalized spacial score (nSPS) is 21.2. The van der Waals surface area contributed by atoms with Crippen LogP contribution in [0.3, 0.4) is 0 Å². The van der Waals surface area contributed by atoms with Gasteiger partial charge in [-0.15, -0.1) is 0 Å². The van der Waals surface area contributed by atoms with Crippen LogP contribution in [0.2, 0.25) is 0 Å². The van der Waals surface area contributed by atoms with Gasteiger partial charge < -0.3 is 9.64 Å². The highest BCUT2D eigenvalue weighted by Gasteiger charge is 2.28. The molecule has 0 saturated carbocycles. The van der Waals surface area contributed by atoms with Gasteiger partial charge in [-0.3, -0.25) is 0 Å². The summed E-state index contributed by atoms with van der Waals surface area (Å²) >= 11 is 0. The highest BCUT2D eigenvalue weighted by molar-refractivity contribution is 6.12. The molecule has 0 fully saturated rings. The minimum absolute atomic E-state index is 0.339. The van der Waals surface area contributed by atoms with Crippen molar-refractivity contribution < 1.29 is 9.53 Å². The summed E-state index contributed by atoms with van der Waals surface area (Å²) in [5.41, 5.74) is 2.94. The molecule has 2 aliphatic rings. The Labute approximate surface area is 117 Å². The van der Waals surface area contributed by atoms with E-state index in [-0.39, 0.29) is 0 Å². The number of cyclic esters (lactones) is 1. The number of nitrogens with zero attached hydrogens (tertiary/aromatic N) is 2. The lowest BCUT2D eigenvalue weighted by Crippen LogP contribution is -2.15. The summed E-state index contributed by atoms with van der Waals surface area (Å²) in [6.07, 6.45) is 7.49. The van der Waals surface area contributed by atoms with Crippen molar-refractivity contribution in [1.29, 1.82) is 0 Å². The van der Waals surface area contributed by atoms with E-state index in [2.05, 4.69) is 4.99 Å². The summed E-state index contributed by atoms with van der Waals surface area (Å²) in [6, 6.07) is 7.71. The smallest absolute Gasteiger partial charge is 0.366 e. The third kappa shape index (κ3) is 2.05. The van der Waals surface area contributed by atoms with Crippen molar-refractivity contribution >= 4 is 11.9 Å². The molecule has 1 aromatic carbocycles. The maximum Gasteiger partial charge on any atom is 0.366 e. The Hall–Kier alpha value is -2.62. The number of carbonyl (C=O) groups is 1. The summed E-state index contributed by atoms with van der Waals surface area (Å²) in [7, 11) is 1.87.